The van der Waals surface area contributed by atoms with Crippen molar-refractivity contribution in [1.82, 2.24) is 5.32 Å². The lowest BCUT2D eigenvalue weighted by atomic mass is 9.80. The van der Waals surface area contributed by atoms with E-state index in [9.17, 15) is 14.3 Å². The van der Waals surface area contributed by atoms with E-state index in [0.717, 1.165) is 5.56 Å². The molecule has 0 saturated heterocycles. The second-order valence-electron chi connectivity index (χ2n) is 6.87. The maximum atomic E-state index is 14.3. The van der Waals surface area contributed by atoms with Crippen molar-refractivity contribution >= 4 is 13.1 Å². The minimum absolute atomic E-state index is 0.135. The number of benzene rings is 1. The van der Waals surface area contributed by atoms with E-state index in [-0.39, 0.29) is 24.1 Å². The Kier molecular flexibility index (Phi) is 6.37. The molecule has 0 bridgehead atoms. The van der Waals surface area contributed by atoms with E-state index in [1.807, 2.05) is 13.8 Å². The molecule has 0 saturated carbocycles. The second kappa shape index (κ2) is 8.10. The van der Waals surface area contributed by atoms with E-state index in [2.05, 4.69) is 5.32 Å². The van der Waals surface area contributed by atoms with Crippen molar-refractivity contribution in [3.8, 4) is 0 Å². The van der Waals surface area contributed by atoms with E-state index in [0.29, 0.717) is 36.9 Å². The number of aliphatic carboxylic acids is 1. The molecule has 0 spiro atoms. The lowest BCUT2D eigenvalue weighted by Gasteiger charge is -2.17. The summed E-state index contributed by atoms with van der Waals surface area (Å²) in [6.45, 7) is 4.30. The normalized spacial score (nSPS) is 19.6. The van der Waals surface area contributed by atoms with Gasteiger partial charge >= 0.3 is 13.1 Å². The van der Waals surface area contributed by atoms with Gasteiger partial charge in [-0.1, -0.05) is 26.3 Å². The van der Waals surface area contributed by atoms with E-state index in [1.54, 1.807) is 6.07 Å². The predicted octanol–water partition coefficient (Wildman–Crippen LogP) is 1.92. The van der Waals surface area contributed by atoms with E-state index < -0.39 is 19.0 Å². The molecule has 0 aromatic heterocycles. The summed E-state index contributed by atoms with van der Waals surface area (Å²) < 4.78 is 14.3. The van der Waals surface area contributed by atoms with E-state index in [1.165, 1.54) is 6.07 Å². The summed E-state index contributed by atoms with van der Waals surface area (Å²) in [5, 5.41) is 30.6. The molecular weight excluding hydrogens is 312 g/mol. The lowest BCUT2D eigenvalue weighted by molar-refractivity contribution is -0.139. The Bertz CT molecular complexity index is 594. The molecule has 1 aromatic rings. The zero-order valence-electron chi connectivity index (χ0n) is 14.1. The molecule has 0 aliphatic heterocycles. The Morgan fingerprint density at radius 3 is 2.71 bits per heavy atom. The first-order valence-electron chi connectivity index (χ1n) is 8.43. The number of hydrogen-bond acceptors (Lipinski definition) is 4. The van der Waals surface area contributed by atoms with Crippen LogP contribution in [0.5, 0.6) is 0 Å². The third kappa shape index (κ3) is 4.56. The summed E-state index contributed by atoms with van der Waals surface area (Å²) >= 11 is 0. The van der Waals surface area contributed by atoms with Crippen molar-refractivity contribution < 1.29 is 24.3 Å². The third-order valence-electron chi connectivity index (χ3n) is 4.60. The number of nitrogens with one attached hydrogen (secondary N) is 1. The summed E-state index contributed by atoms with van der Waals surface area (Å²) in [4.78, 5) is 11.7. The molecule has 2 atom stereocenters. The van der Waals surface area contributed by atoms with Crippen LogP contribution in [-0.2, 0) is 17.8 Å². The van der Waals surface area contributed by atoms with E-state index in [4.69, 9.17) is 10.0 Å². The lowest BCUT2D eigenvalue weighted by Crippen LogP contribution is -2.23. The van der Waals surface area contributed by atoms with Gasteiger partial charge in [-0.2, -0.15) is 0 Å². The van der Waals surface area contributed by atoms with Gasteiger partial charge in [0, 0.05) is 18.2 Å². The molecule has 7 heteroatoms. The number of carboxylic acid groups (broad SMARTS) is 1. The zero-order valence-corrected chi connectivity index (χ0v) is 14.1. The highest BCUT2D eigenvalue weighted by Gasteiger charge is 2.38. The molecule has 0 heterocycles. The van der Waals surface area contributed by atoms with Crippen molar-refractivity contribution in [3.05, 3.63) is 34.6 Å². The molecule has 0 unspecified atom stereocenters. The standard InChI is InChI=1S/C17H25BFNO4/c1-10(2)20-9-13-7-14-12(8-15(13)19)6-11(16(14)17(21)22)4-3-5-18(23)24/h7-8,10-11,16,20,23-24H,3-6,9H2,1-2H3,(H,21,22)/t11-,16-/m0/s1. The Morgan fingerprint density at radius 1 is 1.42 bits per heavy atom. The SMILES string of the molecule is CC(C)NCc1cc2c(cc1F)C[C@H](CCCB(O)O)[C@@H]2C(=O)O. The van der Waals surface area contributed by atoms with Gasteiger partial charge in [0.15, 0.2) is 0 Å². The highest BCUT2D eigenvalue weighted by molar-refractivity contribution is 6.40. The zero-order chi connectivity index (χ0) is 17.9. The molecule has 0 amide bonds. The quantitative estimate of drug-likeness (QED) is 0.544. The minimum Gasteiger partial charge on any atom is -0.481 e. The smallest absolute Gasteiger partial charge is 0.451 e. The van der Waals surface area contributed by atoms with E-state index >= 15 is 0 Å². The van der Waals surface area contributed by atoms with Gasteiger partial charge in [-0.05, 0) is 42.3 Å². The van der Waals surface area contributed by atoms with Crippen LogP contribution in [0.25, 0.3) is 0 Å². The maximum absolute atomic E-state index is 14.3. The molecule has 24 heavy (non-hydrogen) atoms. The maximum Gasteiger partial charge on any atom is 0.451 e. The molecule has 132 valence electrons. The van der Waals surface area contributed by atoms with Crippen LogP contribution in [0.4, 0.5) is 4.39 Å². The summed E-state index contributed by atoms with van der Waals surface area (Å²) in [5.41, 5.74) is 1.93. The van der Waals surface area contributed by atoms with Gasteiger partial charge in [-0.3, -0.25) is 4.79 Å². The molecular formula is C17H25BFNO4. The van der Waals surface area contributed by atoms with Crippen LogP contribution in [0.15, 0.2) is 12.1 Å². The number of fused-ring (bicyclic) bond motifs is 1. The Hall–Kier alpha value is -1.44. The third-order valence-corrected chi connectivity index (χ3v) is 4.60. The fourth-order valence-electron chi connectivity index (χ4n) is 3.41. The molecule has 2 rings (SSSR count). The largest absolute Gasteiger partial charge is 0.481 e. The molecule has 1 aromatic carbocycles. The average molecular weight is 337 g/mol. The summed E-state index contributed by atoms with van der Waals surface area (Å²) in [5.74, 6) is -2.01. The molecule has 4 N–H and O–H groups in total. The van der Waals surface area contributed by atoms with Crippen LogP contribution >= 0.6 is 0 Å². The summed E-state index contributed by atoms with van der Waals surface area (Å²) in [6.07, 6.45) is 1.84. The van der Waals surface area contributed by atoms with Crippen molar-refractivity contribution in [2.45, 2.75) is 57.9 Å². The monoisotopic (exact) mass is 337 g/mol. The van der Waals surface area contributed by atoms with Gasteiger partial charge in [0.1, 0.15) is 5.82 Å². The molecule has 0 radical (unpaired) electrons. The van der Waals surface area contributed by atoms with Gasteiger partial charge in [-0.25, -0.2) is 4.39 Å². The number of hydrogen-bond donors (Lipinski definition) is 4. The van der Waals surface area contributed by atoms with Crippen molar-refractivity contribution in [2.75, 3.05) is 0 Å². The van der Waals surface area contributed by atoms with Crippen LogP contribution in [-0.4, -0.2) is 34.3 Å². The van der Waals surface area contributed by atoms with Crippen LogP contribution in [0.3, 0.4) is 0 Å². The summed E-state index contributed by atoms with van der Waals surface area (Å²) in [7, 11) is -1.37. The van der Waals surface area contributed by atoms with Crippen LogP contribution in [0.1, 0.15) is 49.3 Å². The fraction of sp³-hybridized carbons (Fsp3) is 0.588. The van der Waals surface area contributed by atoms with Gasteiger partial charge < -0.3 is 20.5 Å². The second-order valence-corrected chi connectivity index (χ2v) is 6.87. The molecule has 5 nitrogen and oxygen atoms in total. The first-order valence-corrected chi connectivity index (χ1v) is 8.43. The van der Waals surface area contributed by atoms with Gasteiger partial charge in [0.2, 0.25) is 0 Å². The number of carbonyl (C=O) groups is 1. The van der Waals surface area contributed by atoms with Crippen molar-refractivity contribution in [1.29, 1.82) is 0 Å². The fourth-order valence-corrected chi connectivity index (χ4v) is 3.41. The average Bonchev–Trinajstić information content (AvgIpc) is 2.81. The van der Waals surface area contributed by atoms with Crippen LogP contribution in [0.2, 0.25) is 6.32 Å². The summed E-state index contributed by atoms with van der Waals surface area (Å²) in [6, 6.07) is 3.36. The van der Waals surface area contributed by atoms with Crippen molar-refractivity contribution in [3.63, 3.8) is 0 Å². The Labute approximate surface area is 142 Å². The van der Waals surface area contributed by atoms with Gasteiger partial charge in [0.25, 0.3) is 0 Å². The highest BCUT2D eigenvalue weighted by atomic mass is 19.1. The Balaban J connectivity index is 2.19. The molecule has 0 fully saturated rings. The Morgan fingerprint density at radius 2 is 2.12 bits per heavy atom. The van der Waals surface area contributed by atoms with Gasteiger partial charge in [-0.15, -0.1) is 0 Å². The predicted molar refractivity (Wildman–Crippen MR) is 90.2 cm³/mol. The number of rotatable bonds is 8. The first-order chi connectivity index (χ1) is 11.3. The van der Waals surface area contributed by atoms with Crippen molar-refractivity contribution in [2.24, 2.45) is 5.92 Å². The highest BCUT2D eigenvalue weighted by Crippen LogP contribution is 2.41. The number of carboxylic acids is 1. The first kappa shape index (κ1) is 18.9. The molecule has 1 aliphatic carbocycles. The van der Waals surface area contributed by atoms with Crippen LogP contribution < -0.4 is 5.32 Å². The van der Waals surface area contributed by atoms with Crippen LogP contribution in [0, 0.1) is 11.7 Å². The number of halogens is 1. The van der Waals surface area contributed by atoms with Gasteiger partial charge in [0.05, 0.1) is 5.92 Å². The minimum atomic E-state index is -1.37. The topological polar surface area (TPSA) is 89.8 Å². The molecule has 1 aliphatic rings.